The van der Waals surface area contributed by atoms with E-state index < -0.39 is 0 Å². The third kappa shape index (κ3) is 2.72. The largest absolute Gasteiger partial charge is 0.487 e. The van der Waals surface area contributed by atoms with Crippen LogP contribution in [0.1, 0.15) is 11.4 Å². The van der Waals surface area contributed by atoms with Crippen molar-refractivity contribution in [3.63, 3.8) is 0 Å². The molecule has 0 atom stereocenters. The quantitative estimate of drug-likeness (QED) is 0.742. The Bertz CT molecular complexity index is 856. The zero-order valence-corrected chi connectivity index (χ0v) is 13.4. The highest BCUT2D eigenvalue weighted by Crippen LogP contribution is 2.29. The van der Waals surface area contributed by atoms with Crippen LogP contribution in [0, 0.1) is 13.8 Å². The van der Waals surface area contributed by atoms with E-state index in [0.29, 0.717) is 0 Å². The first-order chi connectivity index (χ1) is 11.2. The molecule has 0 amide bonds. The molecule has 116 valence electrons. The molecule has 1 aromatic heterocycles. The van der Waals surface area contributed by atoms with Gasteiger partial charge < -0.3 is 9.64 Å². The van der Waals surface area contributed by atoms with Gasteiger partial charge in [0, 0.05) is 5.39 Å². The van der Waals surface area contributed by atoms with Crippen LogP contribution in [0.4, 0.5) is 5.82 Å². The second-order valence-corrected chi connectivity index (χ2v) is 6.07. The van der Waals surface area contributed by atoms with Crippen molar-refractivity contribution in [2.24, 2.45) is 0 Å². The Morgan fingerprint density at radius 1 is 1.00 bits per heavy atom. The van der Waals surface area contributed by atoms with E-state index in [1.165, 1.54) is 5.56 Å². The average molecular weight is 305 g/mol. The Labute approximate surface area is 135 Å². The fraction of sp³-hybridized carbons (Fsp3) is 0.263. The molecule has 1 fully saturated rings. The standard InChI is InChI=1S/C19H19N3O/c1-13-6-5-7-15(10-13)23-16-11-22(12-16)19-17-8-3-4-9-18(17)20-14(2)21-19/h3-10,16H,11-12H2,1-2H3. The summed E-state index contributed by atoms with van der Waals surface area (Å²) in [6.45, 7) is 5.73. The Morgan fingerprint density at radius 2 is 1.83 bits per heavy atom. The van der Waals surface area contributed by atoms with Crippen molar-refractivity contribution in [3.05, 3.63) is 59.9 Å². The predicted octanol–water partition coefficient (Wildman–Crippen LogP) is 3.51. The average Bonchev–Trinajstić information content (AvgIpc) is 2.50. The van der Waals surface area contributed by atoms with Crippen molar-refractivity contribution < 1.29 is 4.74 Å². The molecule has 3 aromatic rings. The Hall–Kier alpha value is -2.62. The van der Waals surface area contributed by atoms with Gasteiger partial charge in [-0.05, 0) is 43.7 Å². The zero-order chi connectivity index (χ0) is 15.8. The molecular formula is C19H19N3O. The summed E-state index contributed by atoms with van der Waals surface area (Å²) in [5, 5.41) is 1.10. The summed E-state index contributed by atoms with van der Waals surface area (Å²) in [7, 11) is 0. The number of aryl methyl sites for hydroxylation is 2. The SMILES string of the molecule is Cc1cccc(OC2CN(c3nc(C)nc4ccccc34)C2)c1. The van der Waals surface area contributed by atoms with Gasteiger partial charge in [-0.2, -0.15) is 0 Å². The minimum absolute atomic E-state index is 0.214. The van der Waals surface area contributed by atoms with Crippen molar-refractivity contribution in [3.8, 4) is 5.75 Å². The molecular weight excluding hydrogens is 286 g/mol. The molecule has 4 nitrogen and oxygen atoms in total. The lowest BCUT2D eigenvalue weighted by Gasteiger charge is -2.40. The second kappa shape index (κ2) is 5.54. The Balaban J connectivity index is 1.52. The molecule has 1 saturated heterocycles. The molecule has 0 aliphatic carbocycles. The highest BCUT2D eigenvalue weighted by Gasteiger charge is 2.30. The number of ether oxygens (including phenoxy) is 1. The maximum atomic E-state index is 6.04. The molecule has 23 heavy (non-hydrogen) atoms. The number of nitrogens with zero attached hydrogens (tertiary/aromatic N) is 3. The summed E-state index contributed by atoms with van der Waals surface area (Å²) in [6, 6.07) is 16.4. The lowest BCUT2D eigenvalue weighted by Crippen LogP contribution is -2.54. The van der Waals surface area contributed by atoms with Crippen LogP contribution in [0.25, 0.3) is 10.9 Å². The van der Waals surface area contributed by atoms with Gasteiger partial charge in [-0.3, -0.25) is 0 Å². The molecule has 0 unspecified atom stereocenters. The maximum absolute atomic E-state index is 6.04. The van der Waals surface area contributed by atoms with E-state index in [9.17, 15) is 0 Å². The molecule has 0 spiro atoms. The number of rotatable bonds is 3. The second-order valence-electron chi connectivity index (χ2n) is 6.07. The topological polar surface area (TPSA) is 38.2 Å². The van der Waals surface area contributed by atoms with Crippen LogP contribution in [-0.2, 0) is 0 Å². The van der Waals surface area contributed by atoms with Crippen LogP contribution in [0.2, 0.25) is 0 Å². The van der Waals surface area contributed by atoms with Crippen LogP contribution in [0.15, 0.2) is 48.5 Å². The normalized spacial score (nSPS) is 14.8. The van der Waals surface area contributed by atoms with Crippen molar-refractivity contribution in [1.82, 2.24) is 9.97 Å². The summed E-state index contributed by atoms with van der Waals surface area (Å²) >= 11 is 0. The monoisotopic (exact) mass is 305 g/mol. The van der Waals surface area contributed by atoms with E-state index in [4.69, 9.17) is 4.74 Å². The zero-order valence-electron chi connectivity index (χ0n) is 13.4. The van der Waals surface area contributed by atoms with Gasteiger partial charge in [0.1, 0.15) is 23.5 Å². The highest BCUT2D eigenvalue weighted by molar-refractivity contribution is 5.89. The van der Waals surface area contributed by atoms with Gasteiger partial charge in [0.15, 0.2) is 0 Å². The summed E-state index contributed by atoms with van der Waals surface area (Å²) in [4.78, 5) is 11.4. The molecule has 2 aromatic carbocycles. The van der Waals surface area contributed by atoms with E-state index in [2.05, 4.69) is 40.0 Å². The predicted molar refractivity (Wildman–Crippen MR) is 92.1 cm³/mol. The van der Waals surface area contributed by atoms with E-state index in [-0.39, 0.29) is 6.10 Å². The van der Waals surface area contributed by atoms with Crippen molar-refractivity contribution >= 4 is 16.7 Å². The van der Waals surface area contributed by atoms with Gasteiger partial charge in [0.2, 0.25) is 0 Å². The van der Waals surface area contributed by atoms with E-state index in [1.807, 2.05) is 37.3 Å². The number of hydrogen-bond donors (Lipinski definition) is 0. The van der Waals surface area contributed by atoms with Gasteiger partial charge in [0.25, 0.3) is 0 Å². The molecule has 2 heterocycles. The van der Waals surface area contributed by atoms with Crippen LogP contribution in [-0.4, -0.2) is 29.2 Å². The van der Waals surface area contributed by atoms with Crippen molar-refractivity contribution in [2.75, 3.05) is 18.0 Å². The first-order valence-electron chi connectivity index (χ1n) is 7.91. The molecule has 1 aliphatic heterocycles. The minimum Gasteiger partial charge on any atom is -0.487 e. The summed E-state index contributed by atoms with van der Waals surface area (Å²) in [5.41, 5.74) is 2.22. The Kier molecular flexibility index (Phi) is 3.37. The smallest absolute Gasteiger partial charge is 0.140 e. The lowest BCUT2D eigenvalue weighted by atomic mass is 10.1. The molecule has 0 saturated carbocycles. The lowest BCUT2D eigenvalue weighted by molar-refractivity contribution is 0.167. The summed E-state index contributed by atoms with van der Waals surface area (Å²) < 4.78 is 6.04. The van der Waals surface area contributed by atoms with Crippen LogP contribution in [0.5, 0.6) is 5.75 Å². The summed E-state index contributed by atoms with van der Waals surface area (Å²) in [5.74, 6) is 2.76. The van der Waals surface area contributed by atoms with Crippen LogP contribution >= 0.6 is 0 Å². The summed E-state index contributed by atoms with van der Waals surface area (Å²) in [6.07, 6.45) is 0.214. The number of hydrogen-bond acceptors (Lipinski definition) is 4. The molecule has 1 aliphatic rings. The maximum Gasteiger partial charge on any atom is 0.140 e. The van der Waals surface area contributed by atoms with Gasteiger partial charge in [-0.15, -0.1) is 0 Å². The minimum atomic E-state index is 0.214. The third-order valence-corrected chi connectivity index (χ3v) is 4.13. The van der Waals surface area contributed by atoms with Gasteiger partial charge in [-0.1, -0.05) is 24.3 Å². The van der Waals surface area contributed by atoms with Gasteiger partial charge >= 0.3 is 0 Å². The first kappa shape index (κ1) is 14.0. The fourth-order valence-electron chi connectivity index (χ4n) is 2.98. The molecule has 0 N–H and O–H groups in total. The third-order valence-electron chi connectivity index (χ3n) is 4.13. The first-order valence-corrected chi connectivity index (χ1v) is 7.91. The number of fused-ring (bicyclic) bond motifs is 1. The molecule has 0 radical (unpaired) electrons. The number of anilines is 1. The van der Waals surface area contributed by atoms with Crippen LogP contribution in [0.3, 0.4) is 0 Å². The fourth-order valence-corrected chi connectivity index (χ4v) is 2.98. The van der Waals surface area contributed by atoms with Gasteiger partial charge in [-0.25, -0.2) is 9.97 Å². The number of para-hydroxylation sites is 1. The van der Waals surface area contributed by atoms with E-state index in [1.54, 1.807) is 0 Å². The Morgan fingerprint density at radius 3 is 2.65 bits per heavy atom. The van der Waals surface area contributed by atoms with Gasteiger partial charge in [0.05, 0.1) is 18.6 Å². The molecule has 4 heteroatoms. The van der Waals surface area contributed by atoms with E-state index in [0.717, 1.165) is 41.4 Å². The number of aromatic nitrogens is 2. The van der Waals surface area contributed by atoms with Crippen molar-refractivity contribution in [1.29, 1.82) is 0 Å². The van der Waals surface area contributed by atoms with Crippen LogP contribution < -0.4 is 9.64 Å². The van der Waals surface area contributed by atoms with E-state index >= 15 is 0 Å². The molecule has 0 bridgehead atoms. The number of benzene rings is 2. The van der Waals surface area contributed by atoms with Crippen molar-refractivity contribution in [2.45, 2.75) is 20.0 Å². The molecule has 4 rings (SSSR count). The highest BCUT2D eigenvalue weighted by atomic mass is 16.5.